The number of nitrogens with one attached hydrogen (secondary N) is 1. The third kappa shape index (κ3) is 4.82. The predicted molar refractivity (Wildman–Crippen MR) is 135 cm³/mol. The van der Waals surface area contributed by atoms with Crippen LogP contribution in [0.15, 0.2) is 77.8 Å². The van der Waals surface area contributed by atoms with Gasteiger partial charge < -0.3 is 10.2 Å². The molecule has 0 amide bonds. The molecule has 0 aliphatic carbocycles. The molecule has 164 valence electrons. The van der Waals surface area contributed by atoms with E-state index in [2.05, 4.69) is 69.7 Å². The zero-order chi connectivity index (χ0) is 21.8. The number of rotatable bonds is 5. The van der Waals surface area contributed by atoms with Crippen LogP contribution in [0.1, 0.15) is 24.0 Å². The predicted octanol–water partition coefficient (Wildman–Crippen LogP) is 6.12. The van der Waals surface area contributed by atoms with Gasteiger partial charge in [-0.3, -0.25) is 4.90 Å². The molecule has 5 heteroatoms. The SMILES string of the molecule is Clc1ccc2c(c1)N=C(N1CCN(CCCCc3ccccc3)CC1)c1ccccc1N2. The molecule has 0 aromatic heterocycles. The van der Waals surface area contributed by atoms with Crippen molar-refractivity contribution in [3.8, 4) is 0 Å². The summed E-state index contributed by atoms with van der Waals surface area (Å²) in [6.45, 7) is 5.29. The summed E-state index contributed by atoms with van der Waals surface area (Å²) in [4.78, 5) is 10.1. The minimum Gasteiger partial charge on any atom is -0.353 e. The summed E-state index contributed by atoms with van der Waals surface area (Å²) >= 11 is 6.28. The molecule has 3 aromatic carbocycles. The molecule has 2 aliphatic heterocycles. The van der Waals surface area contributed by atoms with Gasteiger partial charge in [-0.1, -0.05) is 54.1 Å². The molecule has 4 nitrogen and oxygen atoms in total. The van der Waals surface area contributed by atoms with Crippen molar-refractivity contribution >= 4 is 34.5 Å². The Morgan fingerprint density at radius 1 is 0.812 bits per heavy atom. The van der Waals surface area contributed by atoms with Crippen LogP contribution >= 0.6 is 11.6 Å². The quantitative estimate of drug-likeness (QED) is 0.481. The number of unbranched alkanes of at least 4 members (excludes halogenated alkanes) is 1. The maximum absolute atomic E-state index is 6.28. The van der Waals surface area contributed by atoms with E-state index < -0.39 is 0 Å². The third-order valence-electron chi connectivity index (χ3n) is 6.33. The van der Waals surface area contributed by atoms with Crippen LogP contribution in [-0.2, 0) is 6.42 Å². The van der Waals surface area contributed by atoms with Gasteiger partial charge in [0.25, 0.3) is 0 Å². The molecule has 0 radical (unpaired) electrons. The molecule has 0 spiro atoms. The largest absolute Gasteiger partial charge is 0.353 e. The minimum atomic E-state index is 0.708. The van der Waals surface area contributed by atoms with Crippen LogP contribution < -0.4 is 5.32 Å². The van der Waals surface area contributed by atoms with Crippen LogP contribution in [0.2, 0.25) is 5.02 Å². The topological polar surface area (TPSA) is 30.9 Å². The van der Waals surface area contributed by atoms with Gasteiger partial charge in [-0.2, -0.15) is 0 Å². The lowest BCUT2D eigenvalue weighted by molar-refractivity contribution is 0.180. The summed E-state index contributed by atoms with van der Waals surface area (Å²) in [5.74, 6) is 1.04. The van der Waals surface area contributed by atoms with Crippen LogP contribution in [0.3, 0.4) is 0 Å². The molecule has 1 saturated heterocycles. The van der Waals surface area contributed by atoms with Crippen LogP contribution in [0.5, 0.6) is 0 Å². The number of benzene rings is 3. The van der Waals surface area contributed by atoms with E-state index in [0.29, 0.717) is 5.02 Å². The molecule has 3 aromatic rings. The highest BCUT2D eigenvalue weighted by Crippen LogP contribution is 2.36. The molecule has 2 heterocycles. The zero-order valence-corrected chi connectivity index (χ0v) is 19.1. The van der Waals surface area contributed by atoms with E-state index in [9.17, 15) is 0 Å². The van der Waals surface area contributed by atoms with Gasteiger partial charge in [-0.05, 0) is 61.7 Å². The fourth-order valence-electron chi connectivity index (χ4n) is 4.54. The Bertz CT molecular complexity index is 1090. The van der Waals surface area contributed by atoms with Crippen LogP contribution in [-0.4, -0.2) is 48.4 Å². The van der Waals surface area contributed by atoms with Crippen molar-refractivity contribution in [1.82, 2.24) is 9.80 Å². The molecule has 5 rings (SSSR count). The highest BCUT2D eigenvalue weighted by atomic mass is 35.5. The molecule has 0 saturated carbocycles. The summed E-state index contributed by atoms with van der Waals surface area (Å²) in [6, 6.07) is 25.1. The van der Waals surface area contributed by atoms with Crippen molar-refractivity contribution in [3.63, 3.8) is 0 Å². The lowest BCUT2D eigenvalue weighted by Gasteiger charge is -2.36. The number of hydrogen-bond donors (Lipinski definition) is 1. The molecule has 32 heavy (non-hydrogen) atoms. The summed E-state index contributed by atoms with van der Waals surface area (Å²) in [7, 11) is 0. The third-order valence-corrected chi connectivity index (χ3v) is 6.56. The second kappa shape index (κ2) is 9.76. The van der Waals surface area contributed by atoms with Crippen LogP contribution in [0.25, 0.3) is 0 Å². The Morgan fingerprint density at radius 2 is 1.59 bits per heavy atom. The molecule has 2 aliphatic rings. The van der Waals surface area contributed by atoms with Crippen LogP contribution in [0, 0.1) is 0 Å². The van der Waals surface area contributed by atoms with Crippen molar-refractivity contribution < 1.29 is 0 Å². The maximum Gasteiger partial charge on any atom is 0.138 e. The molecule has 0 unspecified atom stereocenters. The number of para-hydroxylation sites is 1. The van der Waals surface area contributed by atoms with Gasteiger partial charge >= 0.3 is 0 Å². The Kier molecular flexibility index (Phi) is 6.42. The Hall–Kier alpha value is -2.82. The molecule has 1 fully saturated rings. The minimum absolute atomic E-state index is 0.708. The van der Waals surface area contributed by atoms with E-state index in [1.54, 1.807) is 0 Å². The van der Waals surface area contributed by atoms with Crippen molar-refractivity contribution in [1.29, 1.82) is 0 Å². The number of aliphatic imine (C=N–C) groups is 1. The first-order valence-corrected chi connectivity index (χ1v) is 11.9. The standard InChI is InChI=1S/C27H29ClN4/c28-22-13-14-25-26(20-22)30-27(23-11-4-5-12-24(23)29-25)32-18-16-31(17-19-32)15-7-6-10-21-8-2-1-3-9-21/h1-5,8-9,11-14,20,29H,6-7,10,15-19H2. The first kappa shape index (κ1) is 21.0. The smallest absolute Gasteiger partial charge is 0.138 e. The lowest BCUT2D eigenvalue weighted by atomic mass is 10.1. The first-order valence-electron chi connectivity index (χ1n) is 11.5. The summed E-state index contributed by atoms with van der Waals surface area (Å²) in [5, 5.41) is 4.25. The average Bonchev–Trinajstić information content (AvgIpc) is 2.99. The highest BCUT2D eigenvalue weighted by molar-refractivity contribution is 6.31. The zero-order valence-electron chi connectivity index (χ0n) is 18.3. The van der Waals surface area contributed by atoms with E-state index >= 15 is 0 Å². The number of fused-ring (bicyclic) bond motifs is 2. The van der Waals surface area contributed by atoms with Crippen molar-refractivity contribution in [3.05, 3.63) is 88.9 Å². The lowest BCUT2D eigenvalue weighted by Crippen LogP contribution is -2.49. The number of amidine groups is 1. The first-order chi connectivity index (χ1) is 15.8. The number of aryl methyl sites for hydroxylation is 1. The summed E-state index contributed by atoms with van der Waals surface area (Å²) in [6.07, 6.45) is 3.66. The molecular formula is C27H29ClN4. The average molecular weight is 445 g/mol. The normalized spacial score (nSPS) is 15.9. The second-order valence-corrected chi connectivity index (χ2v) is 8.98. The van der Waals surface area contributed by atoms with Crippen molar-refractivity contribution in [2.24, 2.45) is 4.99 Å². The Morgan fingerprint density at radius 3 is 2.44 bits per heavy atom. The Balaban J connectivity index is 1.23. The maximum atomic E-state index is 6.28. The van der Waals surface area contributed by atoms with Gasteiger partial charge in [0, 0.05) is 42.5 Å². The monoisotopic (exact) mass is 444 g/mol. The molecule has 0 bridgehead atoms. The van der Waals surface area contributed by atoms with Crippen LogP contribution in [0.4, 0.5) is 17.1 Å². The number of nitrogens with zero attached hydrogens (tertiary/aromatic N) is 3. The number of piperazine rings is 1. The Labute approximate surface area is 195 Å². The van der Waals surface area contributed by atoms with Gasteiger partial charge in [0.15, 0.2) is 0 Å². The van der Waals surface area contributed by atoms with E-state index in [-0.39, 0.29) is 0 Å². The fraction of sp³-hybridized carbons (Fsp3) is 0.296. The van der Waals surface area contributed by atoms with Gasteiger partial charge in [0.1, 0.15) is 5.84 Å². The van der Waals surface area contributed by atoms with Gasteiger partial charge in [0.2, 0.25) is 0 Å². The van der Waals surface area contributed by atoms with Crippen molar-refractivity contribution in [2.45, 2.75) is 19.3 Å². The molecule has 1 N–H and O–H groups in total. The summed E-state index contributed by atoms with van der Waals surface area (Å²) in [5.41, 5.74) is 5.57. The van der Waals surface area contributed by atoms with E-state index in [0.717, 1.165) is 54.6 Å². The number of hydrogen-bond acceptors (Lipinski definition) is 4. The van der Waals surface area contributed by atoms with E-state index in [1.165, 1.54) is 31.4 Å². The van der Waals surface area contributed by atoms with Gasteiger partial charge in [-0.15, -0.1) is 0 Å². The van der Waals surface area contributed by atoms with E-state index in [1.807, 2.05) is 18.2 Å². The number of anilines is 2. The second-order valence-electron chi connectivity index (χ2n) is 8.54. The summed E-state index contributed by atoms with van der Waals surface area (Å²) < 4.78 is 0. The molecule has 0 atom stereocenters. The molecular weight excluding hydrogens is 416 g/mol. The van der Waals surface area contributed by atoms with E-state index in [4.69, 9.17) is 16.6 Å². The highest BCUT2D eigenvalue weighted by Gasteiger charge is 2.24. The number of halogens is 1. The van der Waals surface area contributed by atoms with Gasteiger partial charge in [0.05, 0.1) is 11.4 Å². The fourth-order valence-corrected chi connectivity index (χ4v) is 4.71. The van der Waals surface area contributed by atoms with Gasteiger partial charge in [-0.25, -0.2) is 4.99 Å². The van der Waals surface area contributed by atoms with Crippen molar-refractivity contribution in [2.75, 3.05) is 38.0 Å².